The van der Waals surface area contributed by atoms with Gasteiger partial charge in [0.05, 0.1) is 0 Å². The van der Waals surface area contributed by atoms with Gasteiger partial charge in [-0.3, -0.25) is 0 Å². The quantitative estimate of drug-likeness (QED) is 0.375. The van der Waals surface area contributed by atoms with Crippen molar-refractivity contribution in [2.45, 2.75) is 13.1 Å². The number of nitrogens with zero attached hydrogens (tertiary/aromatic N) is 2. The van der Waals surface area contributed by atoms with Crippen LogP contribution in [0.3, 0.4) is 0 Å². The van der Waals surface area contributed by atoms with Crippen LogP contribution in [0.2, 0.25) is 0 Å². The van der Waals surface area contributed by atoms with E-state index >= 15 is 0 Å². The molecule has 0 aliphatic carbocycles. The van der Waals surface area contributed by atoms with E-state index in [-0.39, 0.29) is 6.54 Å². The third kappa shape index (κ3) is 4.04. The molecule has 106 valence electrons. The summed E-state index contributed by atoms with van der Waals surface area (Å²) in [6.45, 7) is 1.74. The van der Waals surface area contributed by atoms with Crippen LogP contribution < -0.4 is 10.6 Å². The number of halogens is 3. The number of oxime groups is 1. The summed E-state index contributed by atoms with van der Waals surface area (Å²) in [7, 11) is 0. The minimum absolute atomic E-state index is 0.384. The fourth-order valence-corrected chi connectivity index (χ4v) is 1.71. The molecule has 7 heteroatoms. The highest BCUT2D eigenvalue weighted by Crippen LogP contribution is 2.28. The minimum Gasteiger partial charge on any atom is -0.409 e. The van der Waals surface area contributed by atoms with Crippen molar-refractivity contribution < 1.29 is 18.4 Å². The molecule has 0 fully saturated rings. The van der Waals surface area contributed by atoms with Crippen molar-refractivity contribution in [2.75, 3.05) is 18.0 Å². The summed E-state index contributed by atoms with van der Waals surface area (Å²) in [6, 6.07) is 8.68. The second-order valence-electron chi connectivity index (χ2n) is 3.99. The largest absolute Gasteiger partial charge is 0.409 e. The van der Waals surface area contributed by atoms with E-state index in [4.69, 9.17) is 10.9 Å². The van der Waals surface area contributed by atoms with Gasteiger partial charge < -0.3 is 15.8 Å². The molecule has 4 nitrogen and oxygen atoms in total. The van der Waals surface area contributed by atoms with Crippen LogP contribution in [0.25, 0.3) is 0 Å². The second kappa shape index (κ2) is 6.31. The Labute approximate surface area is 109 Å². The zero-order valence-electron chi connectivity index (χ0n) is 10.4. The van der Waals surface area contributed by atoms with Gasteiger partial charge >= 0.3 is 6.18 Å². The molecule has 1 atom stereocenters. The monoisotopic (exact) mass is 275 g/mol. The van der Waals surface area contributed by atoms with Gasteiger partial charge in [-0.15, -0.1) is 0 Å². The molecular formula is C12H16F3N3O. The molecule has 1 aromatic rings. The Hall–Kier alpha value is -1.92. The smallest absolute Gasteiger partial charge is 0.400 e. The van der Waals surface area contributed by atoms with Crippen molar-refractivity contribution in [3.05, 3.63) is 30.3 Å². The summed E-state index contributed by atoms with van der Waals surface area (Å²) in [5.41, 5.74) is 5.80. The lowest BCUT2D eigenvalue weighted by Gasteiger charge is -2.28. The maximum Gasteiger partial charge on any atom is 0.400 e. The highest BCUT2D eigenvalue weighted by molar-refractivity contribution is 5.83. The van der Waals surface area contributed by atoms with Crippen LogP contribution in [0.5, 0.6) is 0 Å². The average Bonchev–Trinajstić information content (AvgIpc) is 2.38. The van der Waals surface area contributed by atoms with Crippen molar-refractivity contribution >= 4 is 11.5 Å². The Morgan fingerprint density at radius 1 is 1.37 bits per heavy atom. The Morgan fingerprint density at radius 2 is 1.95 bits per heavy atom. The number of amidine groups is 1. The van der Waals surface area contributed by atoms with Crippen LogP contribution in [0.4, 0.5) is 18.9 Å². The van der Waals surface area contributed by atoms with Gasteiger partial charge in [0.25, 0.3) is 0 Å². The zero-order valence-corrected chi connectivity index (χ0v) is 10.4. The van der Waals surface area contributed by atoms with Gasteiger partial charge in [-0.05, 0) is 19.1 Å². The first-order valence-electron chi connectivity index (χ1n) is 5.74. The third-order valence-electron chi connectivity index (χ3n) is 2.77. The molecule has 1 rings (SSSR count). The number of alkyl halides is 3. The van der Waals surface area contributed by atoms with Crippen LogP contribution in [0.15, 0.2) is 35.5 Å². The number of benzene rings is 1. The van der Waals surface area contributed by atoms with E-state index in [0.29, 0.717) is 12.2 Å². The predicted molar refractivity (Wildman–Crippen MR) is 67.3 cm³/mol. The maximum atomic E-state index is 12.9. The lowest BCUT2D eigenvalue weighted by Crippen LogP contribution is -2.44. The van der Waals surface area contributed by atoms with E-state index in [9.17, 15) is 13.2 Å². The Balaban J connectivity index is 2.94. The van der Waals surface area contributed by atoms with Gasteiger partial charge in [-0.25, -0.2) is 0 Å². The van der Waals surface area contributed by atoms with Crippen molar-refractivity contribution in [3.8, 4) is 0 Å². The molecule has 0 bridgehead atoms. The topological polar surface area (TPSA) is 61.8 Å². The number of nitrogens with two attached hydrogens (primary N) is 1. The van der Waals surface area contributed by atoms with Gasteiger partial charge in [0, 0.05) is 18.8 Å². The molecule has 0 aliphatic rings. The fourth-order valence-electron chi connectivity index (χ4n) is 1.71. The first kappa shape index (κ1) is 15.1. The van der Waals surface area contributed by atoms with Crippen molar-refractivity contribution in [3.63, 3.8) is 0 Å². The van der Waals surface area contributed by atoms with Gasteiger partial charge in [0.1, 0.15) is 5.92 Å². The SMILES string of the molecule is CCN(CC(/C(N)=N/O)C(F)(F)F)c1ccccc1. The normalized spacial score (nSPS) is 14.2. The molecule has 0 saturated heterocycles. The molecule has 0 aromatic heterocycles. The number of para-hydroxylation sites is 1. The highest BCUT2D eigenvalue weighted by atomic mass is 19.4. The van der Waals surface area contributed by atoms with E-state index in [0.717, 1.165) is 0 Å². The summed E-state index contributed by atoms with van der Waals surface area (Å²) in [5.74, 6) is -2.83. The molecule has 0 amide bonds. The molecule has 19 heavy (non-hydrogen) atoms. The van der Waals surface area contributed by atoms with Crippen LogP contribution in [0, 0.1) is 5.92 Å². The molecular weight excluding hydrogens is 259 g/mol. The van der Waals surface area contributed by atoms with Gasteiger partial charge in [0.15, 0.2) is 5.84 Å². The Kier molecular flexibility index (Phi) is 5.02. The van der Waals surface area contributed by atoms with E-state index in [1.165, 1.54) is 4.90 Å². The molecule has 1 aromatic carbocycles. The van der Waals surface area contributed by atoms with Crippen LogP contribution in [0.1, 0.15) is 6.92 Å². The molecule has 0 heterocycles. The molecule has 0 radical (unpaired) electrons. The van der Waals surface area contributed by atoms with Gasteiger partial charge in [0.2, 0.25) is 0 Å². The average molecular weight is 275 g/mol. The summed E-state index contributed by atoms with van der Waals surface area (Å²) >= 11 is 0. The summed E-state index contributed by atoms with van der Waals surface area (Å²) in [6.07, 6.45) is -4.56. The first-order valence-corrected chi connectivity index (χ1v) is 5.74. The van der Waals surface area contributed by atoms with Gasteiger partial charge in [-0.2, -0.15) is 13.2 Å². The minimum atomic E-state index is -4.56. The van der Waals surface area contributed by atoms with Crippen LogP contribution in [-0.4, -0.2) is 30.3 Å². The van der Waals surface area contributed by atoms with Gasteiger partial charge in [-0.1, -0.05) is 23.4 Å². The zero-order chi connectivity index (χ0) is 14.5. The van der Waals surface area contributed by atoms with Crippen LogP contribution in [-0.2, 0) is 0 Å². The fraction of sp³-hybridized carbons (Fsp3) is 0.417. The lowest BCUT2D eigenvalue weighted by atomic mass is 10.1. The van der Waals surface area contributed by atoms with Crippen molar-refractivity contribution in [1.29, 1.82) is 0 Å². The Morgan fingerprint density at radius 3 is 2.37 bits per heavy atom. The second-order valence-corrected chi connectivity index (χ2v) is 3.99. The number of hydrogen-bond donors (Lipinski definition) is 2. The van der Waals surface area contributed by atoms with Crippen molar-refractivity contribution in [2.24, 2.45) is 16.8 Å². The Bertz CT molecular complexity index is 420. The van der Waals surface area contributed by atoms with E-state index in [1.807, 2.05) is 0 Å². The number of rotatable bonds is 5. The predicted octanol–water partition coefficient (Wildman–Crippen LogP) is 2.44. The van der Waals surface area contributed by atoms with Crippen molar-refractivity contribution in [1.82, 2.24) is 0 Å². The molecule has 0 spiro atoms. The third-order valence-corrected chi connectivity index (χ3v) is 2.77. The summed E-state index contributed by atoms with van der Waals surface area (Å²) in [4.78, 5) is 1.52. The van der Waals surface area contributed by atoms with E-state index in [1.54, 1.807) is 37.3 Å². The first-order chi connectivity index (χ1) is 8.90. The number of anilines is 1. The lowest BCUT2D eigenvalue weighted by molar-refractivity contribution is -0.153. The summed E-state index contributed by atoms with van der Waals surface area (Å²) < 4.78 is 38.6. The van der Waals surface area contributed by atoms with E-state index < -0.39 is 17.9 Å². The highest BCUT2D eigenvalue weighted by Gasteiger charge is 2.43. The standard InChI is InChI=1S/C12H16F3N3O/c1-2-18(9-6-4-3-5-7-9)8-10(11(16)17-19)12(13,14)15/h3-7,10,19H,2,8H2,1H3,(H2,16,17). The molecule has 0 aliphatic heterocycles. The molecule has 1 unspecified atom stereocenters. The molecule has 0 saturated carbocycles. The number of hydrogen-bond acceptors (Lipinski definition) is 3. The maximum absolute atomic E-state index is 12.9. The molecule has 3 N–H and O–H groups in total. The van der Waals surface area contributed by atoms with E-state index in [2.05, 4.69) is 5.16 Å². The summed E-state index contributed by atoms with van der Waals surface area (Å²) in [5, 5.41) is 11.0. The van der Waals surface area contributed by atoms with Crippen LogP contribution >= 0.6 is 0 Å².